The third kappa shape index (κ3) is 2.41. The average Bonchev–Trinajstić information content (AvgIpc) is 3.00. The molecule has 1 atom stereocenters. The second-order valence-electron chi connectivity index (χ2n) is 4.93. The van der Waals surface area contributed by atoms with E-state index in [0.717, 1.165) is 0 Å². The zero-order valence-electron chi connectivity index (χ0n) is 12.4. The number of ether oxygens (including phenoxy) is 1. The summed E-state index contributed by atoms with van der Waals surface area (Å²) < 4.78 is 6.40. The molecule has 0 saturated heterocycles. The predicted octanol–water partition coefficient (Wildman–Crippen LogP) is 1.65. The second-order valence-corrected chi connectivity index (χ2v) is 4.93. The van der Waals surface area contributed by atoms with Gasteiger partial charge in [0.1, 0.15) is 12.4 Å². The zero-order valence-corrected chi connectivity index (χ0v) is 12.4. The Hall–Kier alpha value is -3.23. The molecule has 0 spiro atoms. The van der Waals surface area contributed by atoms with Gasteiger partial charge in [-0.1, -0.05) is 0 Å². The molecular weight excluding hydrogens is 302 g/mol. The smallest absolute Gasteiger partial charge is 0.338 e. The molecule has 0 amide bonds. The van der Waals surface area contributed by atoms with Crippen LogP contribution in [0.4, 0.5) is 11.6 Å². The molecule has 0 aliphatic carbocycles. The molecule has 2 aromatic rings. The van der Waals surface area contributed by atoms with Crippen LogP contribution in [-0.2, 0) is 9.53 Å². The summed E-state index contributed by atoms with van der Waals surface area (Å²) in [6.45, 7) is 1.74. The number of carbonyl (C=O) groups excluding carboxylic acids is 1. The third-order valence-electron chi connectivity index (χ3n) is 3.62. The average molecular weight is 315 g/mol. The van der Waals surface area contributed by atoms with Gasteiger partial charge in [-0.2, -0.15) is 10.1 Å². The van der Waals surface area contributed by atoms with Crippen molar-refractivity contribution in [3.05, 3.63) is 57.5 Å². The minimum absolute atomic E-state index is 0.0261. The first-order valence-corrected chi connectivity index (χ1v) is 6.73. The Kier molecular flexibility index (Phi) is 3.53. The summed E-state index contributed by atoms with van der Waals surface area (Å²) in [5.74, 6) is -0.0157. The minimum atomic E-state index is -0.568. The van der Waals surface area contributed by atoms with Gasteiger partial charge in [0, 0.05) is 17.8 Å². The number of allylic oxidation sites excluding steroid dienone is 1. The van der Waals surface area contributed by atoms with Gasteiger partial charge in [0.15, 0.2) is 0 Å². The highest BCUT2D eigenvalue weighted by Gasteiger charge is 2.34. The summed E-state index contributed by atoms with van der Waals surface area (Å²) in [7, 11) is 1.30. The van der Waals surface area contributed by atoms with Crippen LogP contribution in [0.3, 0.4) is 0 Å². The van der Waals surface area contributed by atoms with Crippen molar-refractivity contribution in [3.63, 3.8) is 0 Å². The molecule has 1 aliphatic heterocycles. The van der Waals surface area contributed by atoms with Crippen molar-refractivity contribution in [2.24, 2.45) is 0 Å². The first-order valence-electron chi connectivity index (χ1n) is 6.73. The van der Waals surface area contributed by atoms with Crippen molar-refractivity contribution in [3.8, 4) is 0 Å². The largest absolute Gasteiger partial charge is 0.466 e. The van der Waals surface area contributed by atoms with Crippen LogP contribution in [0.1, 0.15) is 18.5 Å². The number of nitro groups is 1. The van der Waals surface area contributed by atoms with Gasteiger partial charge in [-0.25, -0.2) is 9.48 Å². The van der Waals surface area contributed by atoms with E-state index in [2.05, 4.69) is 15.4 Å². The zero-order chi connectivity index (χ0) is 16.6. The Balaban J connectivity index is 2.13. The maximum absolute atomic E-state index is 12.2. The van der Waals surface area contributed by atoms with E-state index in [1.807, 2.05) is 0 Å². The van der Waals surface area contributed by atoms with Gasteiger partial charge in [-0.3, -0.25) is 10.1 Å². The van der Waals surface area contributed by atoms with Crippen LogP contribution in [0.2, 0.25) is 0 Å². The number of nitrogens with one attached hydrogen (secondary N) is 1. The topological polar surface area (TPSA) is 112 Å². The molecule has 2 heterocycles. The molecule has 1 aromatic heterocycles. The monoisotopic (exact) mass is 315 g/mol. The predicted molar refractivity (Wildman–Crippen MR) is 79.6 cm³/mol. The molecule has 9 heteroatoms. The van der Waals surface area contributed by atoms with Gasteiger partial charge < -0.3 is 10.1 Å². The first-order chi connectivity index (χ1) is 11.0. The number of anilines is 1. The number of nitro benzene ring substituents is 1. The van der Waals surface area contributed by atoms with Crippen LogP contribution in [0.25, 0.3) is 0 Å². The van der Waals surface area contributed by atoms with E-state index in [1.54, 1.807) is 23.7 Å². The van der Waals surface area contributed by atoms with Gasteiger partial charge in [-0.05, 0) is 24.6 Å². The Morgan fingerprint density at radius 1 is 1.39 bits per heavy atom. The molecule has 0 radical (unpaired) electrons. The first kappa shape index (κ1) is 14.7. The number of carbonyl (C=O) groups is 1. The molecule has 9 nitrogen and oxygen atoms in total. The quantitative estimate of drug-likeness (QED) is 0.520. The molecule has 0 bridgehead atoms. The van der Waals surface area contributed by atoms with E-state index in [-0.39, 0.29) is 5.69 Å². The fraction of sp³-hybridized carbons (Fsp3) is 0.214. The van der Waals surface area contributed by atoms with Crippen LogP contribution in [0.15, 0.2) is 41.9 Å². The molecular formula is C14H13N5O4. The summed E-state index contributed by atoms with van der Waals surface area (Å²) in [6, 6.07) is 5.39. The van der Waals surface area contributed by atoms with Crippen LogP contribution in [-0.4, -0.2) is 32.8 Å². The summed E-state index contributed by atoms with van der Waals surface area (Å²) in [5, 5.41) is 17.9. The standard InChI is InChI=1S/C14H13N5O4/c1-8-11(13(20)23-2)12(18-14(17-8)15-7-16-18)9-3-5-10(6-4-9)19(21)22/h3-7,12H,1-2H3,(H,15,16,17)/t12-/m1/s1. The highest BCUT2D eigenvalue weighted by atomic mass is 16.6. The number of aromatic nitrogens is 3. The highest BCUT2D eigenvalue weighted by Crippen LogP contribution is 2.35. The lowest BCUT2D eigenvalue weighted by atomic mass is 9.95. The summed E-state index contributed by atoms with van der Waals surface area (Å²) in [5.41, 5.74) is 1.62. The number of hydrogen-bond acceptors (Lipinski definition) is 7. The third-order valence-corrected chi connectivity index (χ3v) is 3.62. The fourth-order valence-electron chi connectivity index (χ4n) is 2.55. The summed E-state index contributed by atoms with van der Waals surface area (Å²) in [4.78, 5) is 26.6. The summed E-state index contributed by atoms with van der Waals surface area (Å²) >= 11 is 0. The molecule has 23 heavy (non-hydrogen) atoms. The number of methoxy groups -OCH3 is 1. The van der Waals surface area contributed by atoms with Crippen molar-refractivity contribution in [2.75, 3.05) is 12.4 Å². The van der Waals surface area contributed by atoms with Crippen molar-refractivity contribution >= 4 is 17.6 Å². The number of benzene rings is 1. The molecule has 1 N–H and O–H groups in total. The lowest BCUT2D eigenvalue weighted by Crippen LogP contribution is -2.29. The Morgan fingerprint density at radius 3 is 2.70 bits per heavy atom. The molecule has 118 valence electrons. The number of esters is 1. The van der Waals surface area contributed by atoms with Gasteiger partial charge in [-0.15, -0.1) is 0 Å². The van der Waals surface area contributed by atoms with E-state index >= 15 is 0 Å². The normalized spacial score (nSPS) is 16.5. The van der Waals surface area contributed by atoms with Gasteiger partial charge in [0.25, 0.3) is 5.69 Å². The maximum Gasteiger partial charge on any atom is 0.338 e. The van der Waals surface area contributed by atoms with Crippen molar-refractivity contribution in [1.82, 2.24) is 14.8 Å². The minimum Gasteiger partial charge on any atom is -0.466 e. The lowest BCUT2D eigenvalue weighted by molar-refractivity contribution is -0.384. The number of rotatable bonds is 3. The van der Waals surface area contributed by atoms with E-state index in [4.69, 9.17) is 4.74 Å². The van der Waals surface area contributed by atoms with Crippen LogP contribution in [0.5, 0.6) is 0 Å². The van der Waals surface area contributed by atoms with E-state index in [1.165, 1.54) is 25.6 Å². The van der Waals surface area contributed by atoms with Crippen LogP contribution >= 0.6 is 0 Å². The van der Waals surface area contributed by atoms with E-state index in [9.17, 15) is 14.9 Å². The van der Waals surface area contributed by atoms with E-state index < -0.39 is 16.9 Å². The molecule has 3 rings (SSSR count). The van der Waals surface area contributed by atoms with Gasteiger partial charge >= 0.3 is 5.97 Å². The Labute approximate surface area is 130 Å². The summed E-state index contributed by atoms with van der Waals surface area (Å²) in [6.07, 6.45) is 1.37. The van der Waals surface area contributed by atoms with Crippen molar-refractivity contribution < 1.29 is 14.5 Å². The Morgan fingerprint density at radius 2 is 2.09 bits per heavy atom. The van der Waals surface area contributed by atoms with Crippen LogP contribution < -0.4 is 5.32 Å². The maximum atomic E-state index is 12.2. The number of hydrogen-bond donors (Lipinski definition) is 1. The molecule has 0 saturated carbocycles. The fourth-order valence-corrected chi connectivity index (χ4v) is 2.55. The molecule has 0 unspecified atom stereocenters. The van der Waals surface area contributed by atoms with Crippen molar-refractivity contribution in [2.45, 2.75) is 13.0 Å². The molecule has 1 aliphatic rings. The number of fused-ring (bicyclic) bond motifs is 1. The van der Waals surface area contributed by atoms with Crippen LogP contribution in [0, 0.1) is 10.1 Å². The lowest BCUT2D eigenvalue weighted by Gasteiger charge is -2.27. The van der Waals surface area contributed by atoms with Gasteiger partial charge in [0.2, 0.25) is 5.95 Å². The number of non-ortho nitro benzene ring substituents is 1. The van der Waals surface area contributed by atoms with Gasteiger partial charge in [0.05, 0.1) is 17.6 Å². The SMILES string of the molecule is COC(=O)C1=C(C)Nc2ncnn2[C@@H]1c1ccc([N+](=O)[O-])cc1. The van der Waals surface area contributed by atoms with Crippen molar-refractivity contribution in [1.29, 1.82) is 0 Å². The molecule has 1 aromatic carbocycles. The highest BCUT2D eigenvalue weighted by molar-refractivity contribution is 5.92. The Bertz CT molecular complexity index is 809. The van der Waals surface area contributed by atoms with E-state index in [0.29, 0.717) is 22.8 Å². The molecule has 0 fully saturated rings. The second kappa shape index (κ2) is 5.52. The number of nitrogens with zero attached hydrogens (tertiary/aromatic N) is 4.